The van der Waals surface area contributed by atoms with Crippen LogP contribution in [0.15, 0.2) is 12.3 Å². The van der Waals surface area contributed by atoms with E-state index < -0.39 is 0 Å². The predicted octanol–water partition coefficient (Wildman–Crippen LogP) is 0.338. The van der Waals surface area contributed by atoms with Gasteiger partial charge in [0, 0.05) is 38.0 Å². The second-order valence-corrected chi connectivity index (χ2v) is 1.98. The molecule has 4 nitrogen and oxygen atoms in total. The molecule has 57 valence electrons. The van der Waals surface area contributed by atoms with Crippen molar-refractivity contribution in [3.05, 3.63) is 18.6 Å². The molecule has 11 heavy (non-hydrogen) atoms. The van der Waals surface area contributed by atoms with Gasteiger partial charge in [-0.3, -0.25) is 0 Å². The van der Waals surface area contributed by atoms with E-state index in [1.807, 2.05) is 0 Å². The Bertz CT molecular complexity index is 356. The van der Waals surface area contributed by atoms with E-state index in [9.17, 15) is 0 Å². The normalized spacial score (nSPS) is 9.45. The molecule has 0 aliphatic carbocycles. The summed E-state index contributed by atoms with van der Waals surface area (Å²) in [5, 5.41) is 0. The molecule has 0 aliphatic heterocycles. The van der Waals surface area contributed by atoms with Crippen molar-refractivity contribution in [2.75, 3.05) is 5.73 Å². The maximum atomic E-state index is 5.45. The first-order chi connectivity index (χ1) is 4.86. The number of rotatable bonds is 0. The van der Waals surface area contributed by atoms with Crippen molar-refractivity contribution < 1.29 is 20.4 Å². The number of pyridine rings is 1. The molecule has 1 radical (unpaired) electrons. The van der Waals surface area contributed by atoms with E-state index >= 15 is 0 Å². The summed E-state index contributed by atoms with van der Waals surface area (Å²) in [7, 11) is 0. The minimum atomic E-state index is 0. The zero-order chi connectivity index (χ0) is 6.97. The maximum Gasteiger partial charge on any atom is 0.0376 e. The van der Waals surface area contributed by atoms with Gasteiger partial charge in [0.1, 0.15) is 0 Å². The van der Waals surface area contributed by atoms with Gasteiger partial charge < -0.3 is 20.7 Å². The Morgan fingerprint density at radius 3 is 3.18 bits per heavy atom. The molecule has 0 unspecified atom stereocenters. The van der Waals surface area contributed by atoms with E-state index in [2.05, 4.69) is 21.3 Å². The third-order valence-electron chi connectivity index (χ3n) is 1.24. The number of nitrogens with one attached hydrogen (secondary N) is 1. The van der Waals surface area contributed by atoms with Crippen LogP contribution in [-0.4, -0.2) is 15.0 Å². The van der Waals surface area contributed by atoms with Gasteiger partial charge in [-0.1, -0.05) is 6.07 Å². The Balaban J connectivity index is 0.000000605. The molecule has 0 amide bonds. The average Bonchev–Trinajstić information content (AvgIpc) is 2.33. The largest absolute Gasteiger partial charge is 0.446 e. The van der Waals surface area contributed by atoms with Gasteiger partial charge in [-0.2, -0.15) is 0 Å². The number of imidazole rings is 1. The summed E-state index contributed by atoms with van der Waals surface area (Å²) in [4.78, 5) is 10.6. The summed E-state index contributed by atoms with van der Waals surface area (Å²) in [6.45, 7) is 0. The number of nitrogens with zero attached hydrogens (tertiary/aromatic N) is 2. The van der Waals surface area contributed by atoms with Crippen LogP contribution in [0.1, 0.15) is 0 Å². The third kappa shape index (κ3) is 1.39. The minimum Gasteiger partial charge on any atom is -0.446 e. The van der Waals surface area contributed by atoms with Gasteiger partial charge in [-0.15, -0.1) is 0 Å². The topological polar surface area (TPSA) is 67.6 Å². The van der Waals surface area contributed by atoms with E-state index in [4.69, 9.17) is 5.73 Å². The van der Waals surface area contributed by atoms with Crippen LogP contribution in [0.3, 0.4) is 0 Å². The molecule has 0 atom stereocenters. The van der Waals surface area contributed by atoms with Crippen molar-refractivity contribution in [3.8, 4) is 0 Å². The van der Waals surface area contributed by atoms with Crippen molar-refractivity contribution in [2.24, 2.45) is 0 Å². The number of nitrogens with two attached hydrogens (primary N) is 1. The Labute approximate surface area is 76.9 Å². The van der Waals surface area contributed by atoms with E-state index in [-0.39, 0.29) is 20.4 Å². The van der Waals surface area contributed by atoms with Crippen LogP contribution in [0.25, 0.3) is 11.2 Å². The Morgan fingerprint density at radius 2 is 2.36 bits per heavy atom. The number of hydrogen-bond acceptors (Lipinski definition) is 3. The molecule has 2 rings (SSSR count). The first-order valence-corrected chi connectivity index (χ1v) is 2.83. The standard InChI is InChI=1S/C6H5N4.Re/c7-4-1-5-6(8-2-4)10-3-9-5;/h1-2H,7H2,(H,8,9,10);/q-1;. The third-order valence-corrected chi connectivity index (χ3v) is 1.24. The van der Waals surface area contributed by atoms with E-state index in [0.717, 1.165) is 5.52 Å². The molecule has 0 aliphatic rings. The molecule has 5 heteroatoms. The van der Waals surface area contributed by atoms with Crippen molar-refractivity contribution in [3.63, 3.8) is 0 Å². The minimum absolute atomic E-state index is 0. The Morgan fingerprint density at radius 1 is 1.55 bits per heavy atom. The number of anilines is 1. The summed E-state index contributed by atoms with van der Waals surface area (Å²) in [6, 6.07) is 1.75. The van der Waals surface area contributed by atoms with Gasteiger partial charge in [0.25, 0.3) is 0 Å². The number of aromatic nitrogens is 3. The van der Waals surface area contributed by atoms with E-state index in [1.165, 1.54) is 0 Å². The fourth-order valence-electron chi connectivity index (χ4n) is 0.791. The Kier molecular flexibility index (Phi) is 2.23. The second-order valence-electron chi connectivity index (χ2n) is 1.98. The van der Waals surface area contributed by atoms with Gasteiger partial charge in [-0.25, -0.2) is 0 Å². The SMILES string of the molecule is Nc1cnc2[nH][c-]nc2c1.[Re]. The van der Waals surface area contributed by atoms with Crippen LogP contribution in [0.4, 0.5) is 5.69 Å². The number of nitrogen functional groups attached to an aromatic ring is 1. The summed E-state index contributed by atoms with van der Waals surface area (Å²) in [5.74, 6) is 0. The molecule has 2 heterocycles. The van der Waals surface area contributed by atoms with Crippen LogP contribution < -0.4 is 5.73 Å². The van der Waals surface area contributed by atoms with Crippen LogP contribution in [0.2, 0.25) is 0 Å². The average molecular weight is 319 g/mol. The van der Waals surface area contributed by atoms with Gasteiger partial charge >= 0.3 is 0 Å². The van der Waals surface area contributed by atoms with E-state index in [0.29, 0.717) is 11.3 Å². The summed E-state index contributed by atoms with van der Waals surface area (Å²) in [6.07, 6.45) is 4.15. The molecule has 0 spiro atoms. The number of H-pyrrole nitrogens is 1. The fraction of sp³-hybridized carbons (Fsp3) is 0. The molecule has 2 aromatic heterocycles. The monoisotopic (exact) mass is 320 g/mol. The van der Waals surface area contributed by atoms with Gasteiger partial charge in [-0.05, 0) is 11.8 Å². The van der Waals surface area contributed by atoms with Crippen LogP contribution >= 0.6 is 0 Å². The zero-order valence-electron chi connectivity index (χ0n) is 5.50. The molecular formula is C6H5N4Re-. The van der Waals surface area contributed by atoms with Gasteiger partial charge in [0.2, 0.25) is 0 Å². The van der Waals surface area contributed by atoms with Crippen LogP contribution in [-0.2, 0) is 20.4 Å². The van der Waals surface area contributed by atoms with Crippen LogP contribution in [0.5, 0.6) is 0 Å². The molecule has 0 fully saturated rings. The quantitative estimate of drug-likeness (QED) is 0.688. The number of hydrogen-bond donors (Lipinski definition) is 2. The molecule has 0 aromatic carbocycles. The van der Waals surface area contributed by atoms with Crippen molar-refractivity contribution in [1.82, 2.24) is 15.0 Å². The van der Waals surface area contributed by atoms with E-state index in [1.54, 1.807) is 12.3 Å². The summed E-state index contributed by atoms with van der Waals surface area (Å²) in [5.41, 5.74) is 7.54. The first-order valence-electron chi connectivity index (χ1n) is 2.83. The zero-order valence-corrected chi connectivity index (χ0v) is 8.22. The summed E-state index contributed by atoms with van der Waals surface area (Å²) < 4.78 is 0. The Hall–Kier alpha value is -0.918. The number of fused-ring (bicyclic) bond motifs is 1. The smallest absolute Gasteiger partial charge is 0.0376 e. The molecule has 2 aromatic rings. The maximum absolute atomic E-state index is 5.45. The van der Waals surface area contributed by atoms with Crippen molar-refractivity contribution in [2.45, 2.75) is 0 Å². The molecular weight excluding hydrogens is 314 g/mol. The van der Waals surface area contributed by atoms with Crippen molar-refractivity contribution >= 4 is 16.9 Å². The van der Waals surface area contributed by atoms with Gasteiger partial charge in [0.15, 0.2) is 0 Å². The predicted molar refractivity (Wildman–Crippen MR) is 37.1 cm³/mol. The molecule has 3 N–H and O–H groups in total. The molecule has 0 bridgehead atoms. The van der Waals surface area contributed by atoms with Gasteiger partial charge in [0.05, 0.1) is 0 Å². The first kappa shape index (κ1) is 8.18. The summed E-state index contributed by atoms with van der Waals surface area (Å²) >= 11 is 0. The number of aromatic amines is 1. The molecule has 0 saturated carbocycles. The van der Waals surface area contributed by atoms with Crippen molar-refractivity contribution in [1.29, 1.82) is 0 Å². The molecule has 0 saturated heterocycles. The second kappa shape index (κ2) is 2.99. The van der Waals surface area contributed by atoms with Crippen LogP contribution in [0, 0.1) is 6.33 Å². The fourth-order valence-corrected chi connectivity index (χ4v) is 0.791.